The highest BCUT2D eigenvalue weighted by molar-refractivity contribution is 5.74. The molecule has 3 saturated carbocycles. The van der Waals surface area contributed by atoms with Gasteiger partial charge in [0.25, 0.3) is 0 Å². The number of carboxylic acid groups (broad SMARTS) is 1. The van der Waals surface area contributed by atoms with Crippen molar-refractivity contribution >= 4 is 5.97 Å². The summed E-state index contributed by atoms with van der Waals surface area (Å²) in [6.07, 6.45) is 5.80. The molecule has 0 radical (unpaired) electrons. The van der Waals surface area contributed by atoms with Gasteiger partial charge in [-0.25, -0.2) is 0 Å². The van der Waals surface area contributed by atoms with E-state index in [1.54, 1.807) is 0 Å². The highest BCUT2D eigenvalue weighted by Gasteiger charge is 2.49. The number of rotatable bonds is 3. The van der Waals surface area contributed by atoms with Crippen LogP contribution in [0.15, 0.2) is 4.52 Å². The van der Waals surface area contributed by atoms with Crippen LogP contribution in [0.2, 0.25) is 0 Å². The second-order valence-corrected chi connectivity index (χ2v) is 6.06. The molecule has 4 rings (SSSR count). The topological polar surface area (TPSA) is 76.2 Å². The Kier molecular flexibility index (Phi) is 2.08. The Morgan fingerprint density at radius 2 is 2.11 bits per heavy atom. The molecule has 0 saturated heterocycles. The standard InChI is InChI=1S/C13H16N2O3/c16-13(17)10-5-9(10)12-14-11(15-18-12)8-4-6-1-2-7(8)3-6/h6-10H,1-5H2,(H,16,17). The molecule has 3 aliphatic rings. The molecule has 5 atom stereocenters. The van der Waals surface area contributed by atoms with Gasteiger partial charge in [-0.2, -0.15) is 4.98 Å². The van der Waals surface area contributed by atoms with Crippen molar-refractivity contribution < 1.29 is 14.4 Å². The SMILES string of the molecule is O=C(O)C1CC1c1nc(C2CC3CCC2C3)no1. The lowest BCUT2D eigenvalue weighted by molar-refractivity contribution is -0.138. The van der Waals surface area contributed by atoms with Gasteiger partial charge < -0.3 is 9.63 Å². The molecule has 5 nitrogen and oxygen atoms in total. The van der Waals surface area contributed by atoms with Crippen LogP contribution in [-0.4, -0.2) is 21.2 Å². The lowest BCUT2D eigenvalue weighted by Crippen LogP contribution is -2.10. The zero-order valence-electron chi connectivity index (χ0n) is 10.1. The zero-order valence-corrected chi connectivity index (χ0v) is 10.1. The first-order valence-corrected chi connectivity index (χ1v) is 6.78. The van der Waals surface area contributed by atoms with Crippen LogP contribution in [-0.2, 0) is 4.79 Å². The highest BCUT2D eigenvalue weighted by Crippen LogP contribution is 2.53. The molecule has 0 amide bonds. The fourth-order valence-electron chi connectivity index (χ4n) is 3.85. The number of hydrogen-bond donors (Lipinski definition) is 1. The Hall–Kier alpha value is -1.39. The van der Waals surface area contributed by atoms with Crippen molar-refractivity contribution in [1.82, 2.24) is 10.1 Å². The van der Waals surface area contributed by atoms with Crippen LogP contribution in [0.3, 0.4) is 0 Å². The largest absolute Gasteiger partial charge is 0.481 e. The molecule has 1 aromatic rings. The van der Waals surface area contributed by atoms with Crippen molar-refractivity contribution in [2.24, 2.45) is 17.8 Å². The van der Waals surface area contributed by atoms with Gasteiger partial charge in [-0.15, -0.1) is 0 Å². The van der Waals surface area contributed by atoms with E-state index >= 15 is 0 Å². The van der Waals surface area contributed by atoms with Gasteiger partial charge in [-0.3, -0.25) is 4.79 Å². The molecular formula is C13H16N2O3. The van der Waals surface area contributed by atoms with E-state index in [1.807, 2.05) is 0 Å². The molecule has 0 spiro atoms. The van der Waals surface area contributed by atoms with Crippen molar-refractivity contribution in [2.45, 2.75) is 43.9 Å². The fraction of sp³-hybridized carbons (Fsp3) is 0.769. The van der Waals surface area contributed by atoms with Crippen LogP contribution in [0.5, 0.6) is 0 Å². The number of fused-ring (bicyclic) bond motifs is 2. The summed E-state index contributed by atoms with van der Waals surface area (Å²) in [5.74, 6) is 2.32. The van der Waals surface area contributed by atoms with Crippen LogP contribution in [0.25, 0.3) is 0 Å². The molecule has 2 bridgehead atoms. The number of aromatic nitrogens is 2. The van der Waals surface area contributed by atoms with E-state index in [2.05, 4.69) is 10.1 Å². The Bertz CT molecular complexity index is 498. The number of hydrogen-bond acceptors (Lipinski definition) is 4. The predicted octanol–water partition coefficient (Wildman–Crippen LogP) is 2.16. The molecule has 3 fully saturated rings. The third-order valence-corrected chi connectivity index (χ3v) is 4.95. The first kappa shape index (κ1) is 10.5. The number of carbonyl (C=O) groups is 1. The molecule has 5 heteroatoms. The predicted molar refractivity (Wildman–Crippen MR) is 61.0 cm³/mol. The van der Waals surface area contributed by atoms with Crippen molar-refractivity contribution in [2.75, 3.05) is 0 Å². The molecule has 1 heterocycles. The van der Waals surface area contributed by atoms with Crippen molar-refractivity contribution in [3.05, 3.63) is 11.7 Å². The maximum atomic E-state index is 10.8. The van der Waals surface area contributed by atoms with Crippen LogP contribution < -0.4 is 0 Å². The second kappa shape index (κ2) is 3.56. The molecule has 0 aromatic carbocycles. The van der Waals surface area contributed by atoms with Crippen LogP contribution in [0.1, 0.15) is 55.7 Å². The van der Waals surface area contributed by atoms with Crippen LogP contribution in [0, 0.1) is 17.8 Å². The quantitative estimate of drug-likeness (QED) is 0.887. The van der Waals surface area contributed by atoms with Crippen molar-refractivity contribution in [3.8, 4) is 0 Å². The van der Waals surface area contributed by atoms with E-state index in [1.165, 1.54) is 25.7 Å². The summed E-state index contributed by atoms with van der Waals surface area (Å²) in [5, 5.41) is 13.0. The molecule has 0 aliphatic heterocycles. The first-order valence-electron chi connectivity index (χ1n) is 6.78. The highest BCUT2D eigenvalue weighted by atomic mass is 16.5. The van der Waals surface area contributed by atoms with E-state index < -0.39 is 5.97 Å². The van der Waals surface area contributed by atoms with Gasteiger partial charge in [-0.05, 0) is 37.5 Å². The van der Waals surface area contributed by atoms with E-state index in [0.29, 0.717) is 18.2 Å². The third-order valence-electron chi connectivity index (χ3n) is 4.95. The summed E-state index contributed by atoms with van der Waals surface area (Å²) >= 11 is 0. The average molecular weight is 248 g/mol. The summed E-state index contributed by atoms with van der Waals surface area (Å²) in [5.41, 5.74) is 0. The fourth-order valence-corrected chi connectivity index (χ4v) is 3.85. The molecule has 18 heavy (non-hydrogen) atoms. The van der Waals surface area contributed by atoms with Crippen molar-refractivity contribution in [3.63, 3.8) is 0 Å². The molecule has 96 valence electrons. The third kappa shape index (κ3) is 1.49. The Morgan fingerprint density at radius 1 is 1.22 bits per heavy atom. The molecule has 1 aromatic heterocycles. The van der Waals surface area contributed by atoms with Gasteiger partial charge in [0.05, 0.1) is 11.8 Å². The Labute approximate surface area is 105 Å². The summed E-state index contributed by atoms with van der Waals surface area (Å²) in [4.78, 5) is 15.3. The Morgan fingerprint density at radius 3 is 2.72 bits per heavy atom. The van der Waals surface area contributed by atoms with Crippen molar-refractivity contribution in [1.29, 1.82) is 0 Å². The van der Waals surface area contributed by atoms with Gasteiger partial charge in [0.15, 0.2) is 5.82 Å². The Balaban J connectivity index is 1.51. The normalized spacial score (nSPS) is 41.2. The van der Waals surface area contributed by atoms with Crippen LogP contribution >= 0.6 is 0 Å². The molecule has 5 unspecified atom stereocenters. The van der Waals surface area contributed by atoms with E-state index in [9.17, 15) is 4.79 Å². The maximum absolute atomic E-state index is 10.8. The van der Waals surface area contributed by atoms with E-state index in [-0.39, 0.29) is 11.8 Å². The maximum Gasteiger partial charge on any atom is 0.307 e. The monoisotopic (exact) mass is 248 g/mol. The first-order chi connectivity index (χ1) is 8.72. The van der Waals surface area contributed by atoms with Gasteiger partial charge in [0.2, 0.25) is 5.89 Å². The van der Waals surface area contributed by atoms with Gasteiger partial charge in [0, 0.05) is 5.92 Å². The lowest BCUT2D eigenvalue weighted by atomic mass is 9.88. The minimum absolute atomic E-state index is 0.0395. The molecular weight excluding hydrogens is 232 g/mol. The van der Waals surface area contributed by atoms with E-state index in [4.69, 9.17) is 9.63 Å². The minimum atomic E-state index is -0.750. The molecule has 1 N–H and O–H groups in total. The van der Waals surface area contributed by atoms with Crippen LogP contribution in [0.4, 0.5) is 0 Å². The average Bonchev–Trinajstić information content (AvgIpc) is 2.78. The summed E-state index contributed by atoms with van der Waals surface area (Å²) in [6.45, 7) is 0. The smallest absolute Gasteiger partial charge is 0.307 e. The zero-order chi connectivity index (χ0) is 12.3. The van der Waals surface area contributed by atoms with E-state index in [0.717, 1.165) is 17.7 Å². The van der Waals surface area contributed by atoms with Gasteiger partial charge >= 0.3 is 5.97 Å². The van der Waals surface area contributed by atoms with Gasteiger partial charge in [-0.1, -0.05) is 11.6 Å². The molecule has 3 aliphatic carbocycles. The lowest BCUT2D eigenvalue weighted by Gasteiger charge is -2.17. The summed E-state index contributed by atoms with van der Waals surface area (Å²) in [7, 11) is 0. The summed E-state index contributed by atoms with van der Waals surface area (Å²) < 4.78 is 5.26. The second-order valence-electron chi connectivity index (χ2n) is 6.06. The summed E-state index contributed by atoms with van der Waals surface area (Å²) in [6, 6.07) is 0. The number of carboxylic acids is 1. The minimum Gasteiger partial charge on any atom is -0.481 e. The van der Waals surface area contributed by atoms with Gasteiger partial charge in [0.1, 0.15) is 0 Å². The number of nitrogens with zero attached hydrogens (tertiary/aromatic N) is 2. The number of aliphatic carboxylic acids is 1.